The van der Waals surface area contributed by atoms with Gasteiger partial charge in [0, 0.05) is 19.5 Å². The van der Waals surface area contributed by atoms with E-state index in [1.165, 1.54) is 23.5 Å². The van der Waals surface area contributed by atoms with Gasteiger partial charge in [-0.2, -0.15) is 0 Å². The first-order chi connectivity index (χ1) is 11.6. The van der Waals surface area contributed by atoms with Gasteiger partial charge in [0.1, 0.15) is 10.7 Å². The monoisotopic (exact) mass is 347 g/mol. The lowest BCUT2D eigenvalue weighted by Crippen LogP contribution is -2.40. The van der Waals surface area contributed by atoms with E-state index in [4.69, 9.17) is 5.73 Å². The Morgan fingerprint density at radius 2 is 2.00 bits per heavy atom. The number of aromatic nitrogens is 1. The van der Waals surface area contributed by atoms with Crippen LogP contribution in [0.5, 0.6) is 0 Å². The minimum Gasteiger partial charge on any atom is -0.338 e. The van der Waals surface area contributed by atoms with Crippen molar-refractivity contribution in [3.8, 4) is 0 Å². The first kappa shape index (κ1) is 17.0. The number of aryl methyl sites for hydroxylation is 1. The summed E-state index contributed by atoms with van der Waals surface area (Å²) in [7, 11) is 0. The zero-order valence-corrected chi connectivity index (χ0v) is 14.6. The number of nitrogens with two attached hydrogens (primary N) is 1. The Bertz CT molecular complexity index is 706. The number of piperidine rings is 1. The molecule has 1 aromatic carbocycles. The van der Waals surface area contributed by atoms with Gasteiger partial charge >= 0.3 is 0 Å². The van der Waals surface area contributed by atoms with Crippen LogP contribution in [0.1, 0.15) is 38.8 Å². The zero-order valence-electron chi connectivity index (χ0n) is 13.8. The third-order valence-corrected chi connectivity index (χ3v) is 5.68. The van der Waals surface area contributed by atoms with Crippen molar-refractivity contribution in [1.82, 2.24) is 9.88 Å². The van der Waals surface area contributed by atoms with Crippen molar-refractivity contribution in [2.45, 2.75) is 26.2 Å². The Balaban J connectivity index is 1.69. The lowest BCUT2D eigenvalue weighted by atomic mass is 9.97. The Morgan fingerprint density at radius 3 is 2.62 bits per heavy atom. The largest absolute Gasteiger partial charge is 0.338 e. The first-order valence-corrected chi connectivity index (χ1v) is 9.08. The standard InChI is InChI=1S/C18H22FN3OS/c1-12-17(18(23)22-8-6-14(11-20)7-9-22)24-16(21-12)10-13-2-4-15(19)5-3-13/h2-5,14H,6-11,20H2,1H3. The van der Waals surface area contributed by atoms with Crippen molar-refractivity contribution in [2.75, 3.05) is 19.6 Å². The lowest BCUT2D eigenvalue weighted by molar-refractivity contribution is 0.0697. The van der Waals surface area contributed by atoms with Gasteiger partial charge in [0.25, 0.3) is 5.91 Å². The van der Waals surface area contributed by atoms with E-state index in [-0.39, 0.29) is 11.7 Å². The van der Waals surface area contributed by atoms with Crippen molar-refractivity contribution in [3.63, 3.8) is 0 Å². The van der Waals surface area contributed by atoms with Crippen LogP contribution in [0.3, 0.4) is 0 Å². The average Bonchev–Trinajstić information content (AvgIpc) is 2.96. The molecule has 1 aliphatic rings. The Hall–Kier alpha value is -1.79. The molecular formula is C18H22FN3OS. The molecule has 4 nitrogen and oxygen atoms in total. The highest BCUT2D eigenvalue weighted by Gasteiger charge is 2.25. The number of benzene rings is 1. The van der Waals surface area contributed by atoms with Crippen LogP contribution in [0.2, 0.25) is 0 Å². The Labute approximate surface area is 145 Å². The maximum atomic E-state index is 13.0. The highest BCUT2D eigenvalue weighted by molar-refractivity contribution is 7.13. The minimum atomic E-state index is -0.245. The third kappa shape index (κ3) is 3.82. The normalized spacial score (nSPS) is 15.7. The molecule has 1 saturated heterocycles. The van der Waals surface area contributed by atoms with Crippen molar-refractivity contribution < 1.29 is 9.18 Å². The van der Waals surface area contributed by atoms with Crippen molar-refractivity contribution in [1.29, 1.82) is 0 Å². The van der Waals surface area contributed by atoms with Crippen LogP contribution in [0.15, 0.2) is 24.3 Å². The van der Waals surface area contributed by atoms with Crippen molar-refractivity contribution >= 4 is 17.2 Å². The summed E-state index contributed by atoms with van der Waals surface area (Å²) < 4.78 is 13.0. The predicted octanol–water partition coefficient (Wildman–Crippen LogP) is 2.99. The summed E-state index contributed by atoms with van der Waals surface area (Å²) in [6.45, 7) is 4.12. The van der Waals surface area contributed by atoms with Gasteiger partial charge in [-0.1, -0.05) is 12.1 Å². The summed E-state index contributed by atoms with van der Waals surface area (Å²) in [5.74, 6) is 0.363. The fourth-order valence-electron chi connectivity index (χ4n) is 3.02. The fraction of sp³-hybridized carbons (Fsp3) is 0.444. The molecule has 0 saturated carbocycles. The molecule has 1 amide bonds. The van der Waals surface area contributed by atoms with Crippen molar-refractivity contribution in [2.24, 2.45) is 11.7 Å². The van der Waals surface area contributed by atoms with E-state index in [2.05, 4.69) is 4.98 Å². The summed E-state index contributed by atoms with van der Waals surface area (Å²) >= 11 is 1.45. The molecule has 2 aromatic rings. The van der Waals surface area contributed by atoms with Crippen molar-refractivity contribution in [3.05, 3.63) is 51.2 Å². The molecule has 0 unspecified atom stereocenters. The number of carbonyl (C=O) groups is 1. The van der Waals surface area contributed by atoms with E-state index in [0.29, 0.717) is 18.9 Å². The molecule has 0 atom stereocenters. The SMILES string of the molecule is Cc1nc(Cc2ccc(F)cc2)sc1C(=O)N1CCC(CN)CC1. The minimum absolute atomic E-state index is 0.0748. The number of thiazole rings is 1. The molecule has 0 bridgehead atoms. The van der Waals surface area contributed by atoms with Gasteiger partial charge in [0.15, 0.2) is 0 Å². The number of hydrogen-bond donors (Lipinski definition) is 1. The molecule has 1 fully saturated rings. The van der Waals surface area contributed by atoms with E-state index in [9.17, 15) is 9.18 Å². The van der Waals surface area contributed by atoms with Gasteiger partial charge in [-0.15, -0.1) is 11.3 Å². The maximum absolute atomic E-state index is 13.0. The van der Waals surface area contributed by atoms with Gasteiger partial charge < -0.3 is 10.6 Å². The van der Waals surface area contributed by atoms with E-state index in [1.54, 1.807) is 12.1 Å². The number of halogens is 1. The van der Waals surface area contributed by atoms with Gasteiger partial charge in [-0.25, -0.2) is 9.37 Å². The van der Waals surface area contributed by atoms with Crippen LogP contribution in [-0.4, -0.2) is 35.4 Å². The third-order valence-electron chi connectivity index (χ3n) is 4.54. The van der Waals surface area contributed by atoms with Crippen LogP contribution < -0.4 is 5.73 Å². The molecular weight excluding hydrogens is 325 g/mol. The molecule has 1 aromatic heterocycles. The molecule has 1 aliphatic heterocycles. The number of likely N-dealkylation sites (tertiary alicyclic amines) is 1. The number of hydrogen-bond acceptors (Lipinski definition) is 4. The molecule has 128 valence electrons. The number of rotatable bonds is 4. The molecule has 0 spiro atoms. The second kappa shape index (κ2) is 7.40. The second-order valence-corrected chi connectivity index (χ2v) is 7.38. The Morgan fingerprint density at radius 1 is 1.33 bits per heavy atom. The second-order valence-electron chi connectivity index (χ2n) is 6.30. The molecule has 2 N–H and O–H groups in total. The molecule has 0 radical (unpaired) electrons. The highest BCUT2D eigenvalue weighted by Crippen LogP contribution is 2.25. The van der Waals surface area contributed by atoms with Crippen LogP contribution in [0.4, 0.5) is 4.39 Å². The summed E-state index contributed by atoms with van der Waals surface area (Å²) in [6.07, 6.45) is 2.57. The van der Waals surface area contributed by atoms with Crippen LogP contribution in [0.25, 0.3) is 0 Å². The number of carbonyl (C=O) groups excluding carboxylic acids is 1. The smallest absolute Gasteiger partial charge is 0.265 e. The summed E-state index contributed by atoms with van der Waals surface area (Å²) in [5.41, 5.74) is 7.49. The lowest BCUT2D eigenvalue weighted by Gasteiger charge is -2.31. The van der Waals surface area contributed by atoms with Crippen LogP contribution in [0, 0.1) is 18.7 Å². The first-order valence-electron chi connectivity index (χ1n) is 8.27. The molecule has 3 rings (SSSR count). The molecule has 24 heavy (non-hydrogen) atoms. The summed E-state index contributed by atoms with van der Waals surface area (Å²) in [4.78, 5) is 19.9. The molecule has 2 heterocycles. The summed E-state index contributed by atoms with van der Waals surface area (Å²) in [6, 6.07) is 6.41. The predicted molar refractivity (Wildman–Crippen MR) is 93.7 cm³/mol. The van der Waals surface area contributed by atoms with Gasteiger partial charge in [-0.05, 0) is 49.9 Å². The van der Waals surface area contributed by atoms with Crippen LogP contribution >= 0.6 is 11.3 Å². The summed E-state index contributed by atoms with van der Waals surface area (Å²) in [5, 5.41) is 0.888. The Kier molecular flexibility index (Phi) is 5.26. The van der Waals surface area contributed by atoms with Gasteiger partial charge in [-0.3, -0.25) is 4.79 Å². The average molecular weight is 347 g/mol. The van der Waals surface area contributed by atoms with E-state index in [1.807, 2.05) is 11.8 Å². The quantitative estimate of drug-likeness (QED) is 0.925. The zero-order chi connectivity index (χ0) is 17.1. The molecule has 0 aliphatic carbocycles. The topological polar surface area (TPSA) is 59.2 Å². The number of amides is 1. The van der Waals surface area contributed by atoms with E-state index >= 15 is 0 Å². The maximum Gasteiger partial charge on any atom is 0.265 e. The number of nitrogens with zero attached hydrogens (tertiary/aromatic N) is 2. The molecule has 6 heteroatoms. The van der Waals surface area contributed by atoms with Gasteiger partial charge in [0.05, 0.1) is 10.7 Å². The van der Waals surface area contributed by atoms with E-state index in [0.717, 1.165) is 47.1 Å². The fourth-order valence-corrected chi connectivity index (χ4v) is 4.09. The van der Waals surface area contributed by atoms with Gasteiger partial charge in [0.2, 0.25) is 0 Å². The highest BCUT2D eigenvalue weighted by atomic mass is 32.1. The van der Waals surface area contributed by atoms with Crippen LogP contribution in [-0.2, 0) is 6.42 Å². The van der Waals surface area contributed by atoms with E-state index < -0.39 is 0 Å².